The highest BCUT2D eigenvalue weighted by Crippen LogP contribution is 2.47. The third-order valence-electron chi connectivity index (χ3n) is 11.7. The van der Waals surface area contributed by atoms with Crippen LogP contribution in [-0.2, 0) is 26.6 Å². The summed E-state index contributed by atoms with van der Waals surface area (Å²) >= 11 is 6.42. The van der Waals surface area contributed by atoms with Crippen molar-refractivity contribution >= 4 is 33.2 Å². The fraction of sp³-hybridized carbons (Fsp3) is 0.595. The van der Waals surface area contributed by atoms with Gasteiger partial charge >= 0.3 is 0 Å². The van der Waals surface area contributed by atoms with Crippen LogP contribution in [0.25, 0.3) is 0 Å². The summed E-state index contributed by atoms with van der Waals surface area (Å²) in [6, 6.07) is 11.5. The Morgan fingerprint density at radius 1 is 1.11 bits per heavy atom. The van der Waals surface area contributed by atoms with Gasteiger partial charge in [0.15, 0.2) is 0 Å². The smallest absolute Gasteiger partial charge is 0.264 e. The van der Waals surface area contributed by atoms with Crippen molar-refractivity contribution in [2.45, 2.75) is 81.5 Å². The Labute approximate surface area is 283 Å². The van der Waals surface area contributed by atoms with Crippen LogP contribution >= 0.6 is 11.6 Å². The first-order chi connectivity index (χ1) is 22.6. The zero-order chi connectivity index (χ0) is 32.8. The number of anilines is 1. The number of hydrogen-bond donors (Lipinski definition) is 2. The van der Waals surface area contributed by atoms with Gasteiger partial charge in [-0.3, -0.25) is 4.79 Å². The lowest BCUT2D eigenvalue weighted by Crippen LogP contribution is -2.49. The van der Waals surface area contributed by atoms with Crippen molar-refractivity contribution in [3.63, 3.8) is 0 Å². The number of nitrogens with zero attached hydrogens (tertiary/aromatic N) is 1. The average molecular weight is 683 g/mol. The van der Waals surface area contributed by atoms with Crippen molar-refractivity contribution < 1.29 is 27.8 Å². The molecular formula is C37H47ClN2O6S. The predicted octanol–water partition coefficient (Wildman–Crippen LogP) is 6.04. The summed E-state index contributed by atoms with van der Waals surface area (Å²) in [6.45, 7) is 5.09. The number of allylic oxidation sites excluding steroid dienone is 1. The lowest BCUT2D eigenvalue weighted by Gasteiger charge is -2.45. The molecule has 2 aromatic rings. The summed E-state index contributed by atoms with van der Waals surface area (Å²) in [6.07, 6.45) is 10.7. The fourth-order valence-corrected chi connectivity index (χ4v) is 10.7. The molecule has 10 heteroatoms. The summed E-state index contributed by atoms with van der Waals surface area (Å²) in [7, 11) is -4.01. The number of ether oxygens (including phenoxy) is 2. The van der Waals surface area contributed by atoms with Crippen molar-refractivity contribution in [3.05, 3.63) is 70.3 Å². The zero-order valence-corrected chi connectivity index (χ0v) is 28.8. The molecule has 0 radical (unpaired) electrons. The number of nitrogens with one attached hydrogen (secondary N) is 1. The van der Waals surface area contributed by atoms with Crippen LogP contribution in [-0.4, -0.2) is 63.7 Å². The number of aliphatic hydroxyl groups is 1. The van der Waals surface area contributed by atoms with Crippen LogP contribution in [0.2, 0.25) is 5.02 Å². The van der Waals surface area contributed by atoms with E-state index in [4.69, 9.17) is 21.1 Å². The maximum atomic E-state index is 14.0. The Morgan fingerprint density at radius 3 is 2.72 bits per heavy atom. The molecule has 1 saturated heterocycles. The Balaban J connectivity index is 1.26. The molecule has 6 atom stereocenters. The molecule has 3 aliphatic heterocycles. The van der Waals surface area contributed by atoms with E-state index in [-0.39, 0.29) is 29.1 Å². The van der Waals surface area contributed by atoms with E-state index in [0.717, 1.165) is 55.7 Å². The van der Waals surface area contributed by atoms with Crippen LogP contribution in [0.5, 0.6) is 5.75 Å². The number of hydrogen-bond acceptors (Lipinski definition) is 7. The number of rotatable bonds is 2. The van der Waals surface area contributed by atoms with E-state index in [1.54, 1.807) is 12.1 Å². The van der Waals surface area contributed by atoms with Gasteiger partial charge in [-0.05, 0) is 123 Å². The van der Waals surface area contributed by atoms with Crippen LogP contribution < -0.4 is 14.4 Å². The summed E-state index contributed by atoms with van der Waals surface area (Å²) in [5, 5.41) is 11.3. The molecule has 0 aromatic heterocycles. The molecule has 2 N–H and O–H groups in total. The van der Waals surface area contributed by atoms with Gasteiger partial charge in [0, 0.05) is 42.3 Å². The number of carbonyl (C=O) groups is 1. The fourth-order valence-electron chi connectivity index (χ4n) is 8.78. The second-order valence-electron chi connectivity index (χ2n) is 14.7. The first-order valence-corrected chi connectivity index (χ1v) is 19.3. The highest BCUT2D eigenvalue weighted by Gasteiger charge is 2.44. The van der Waals surface area contributed by atoms with Gasteiger partial charge in [0.1, 0.15) is 5.75 Å². The van der Waals surface area contributed by atoms with E-state index in [0.29, 0.717) is 57.1 Å². The molecule has 2 bridgehead atoms. The Morgan fingerprint density at radius 2 is 1.94 bits per heavy atom. The zero-order valence-electron chi connectivity index (χ0n) is 27.2. The summed E-state index contributed by atoms with van der Waals surface area (Å²) in [5.74, 6) is 0.431. The lowest BCUT2D eigenvalue weighted by molar-refractivity contribution is 0.0455. The molecule has 2 fully saturated rings. The maximum absolute atomic E-state index is 14.0. The molecule has 1 spiro atoms. The Kier molecular flexibility index (Phi) is 9.37. The molecule has 254 valence electrons. The minimum atomic E-state index is -4.01. The Hall–Kier alpha value is -2.59. The SMILES string of the molecule is C[C@@H]1C/C=C/[C@H](O)[C@@H]2CC[C@H]2CN2C[C@@]3(CCCc4cc(Cl)ccc43)COc3ccc(cc32)C(=O)NS(=O)(=O)[C@H]1CC1CCOCC1. The van der Waals surface area contributed by atoms with Gasteiger partial charge in [-0.25, -0.2) is 13.1 Å². The number of fused-ring (bicyclic) bond motifs is 4. The van der Waals surface area contributed by atoms with Crippen molar-refractivity contribution in [3.8, 4) is 5.75 Å². The molecule has 7 rings (SSSR count). The second kappa shape index (κ2) is 13.4. The molecule has 3 heterocycles. The number of amides is 1. The molecule has 47 heavy (non-hydrogen) atoms. The topological polar surface area (TPSA) is 105 Å². The predicted molar refractivity (Wildman–Crippen MR) is 184 cm³/mol. The summed E-state index contributed by atoms with van der Waals surface area (Å²) in [5.41, 5.74) is 3.33. The van der Waals surface area contributed by atoms with Gasteiger partial charge in [-0.1, -0.05) is 36.7 Å². The monoisotopic (exact) mass is 682 g/mol. The van der Waals surface area contributed by atoms with Gasteiger partial charge in [-0.2, -0.15) is 0 Å². The van der Waals surface area contributed by atoms with Crippen molar-refractivity contribution in [1.29, 1.82) is 0 Å². The van der Waals surface area contributed by atoms with Crippen molar-refractivity contribution in [1.82, 2.24) is 4.72 Å². The first kappa shape index (κ1) is 32.9. The average Bonchev–Trinajstić information content (AvgIpc) is 3.18. The van der Waals surface area contributed by atoms with E-state index in [1.165, 1.54) is 11.1 Å². The quantitative estimate of drug-likeness (QED) is 0.372. The van der Waals surface area contributed by atoms with Gasteiger partial charge in [0.2, 0.25) is 10.0 Å². The molecule has 0 unspecified atom stereocenters. The highest BCUT2D eigenvalue weighted by atomic mass is 35.5. The number of benzene rings is 2. The highest BCUT2D eigenvalue weighted by molar-refractivity contribution is 7.90. The molecule has 2 aromatic carbocycles. The standard InChI is InChI=1S/C37H47ClN2O6S/c1-24-4-2-6-33(41)30-10-7-28(30)21-40-22-37(15-3-5-26-19-29(38)9-11-31(26)37)23-46-34-12-8-27(20-32(34)40)36(42)39-47(43,44)35(24)18-25-13-16-45-17-14-25/h2,6,8-9,11-12,19-20,24-25,28,30,33,35,41H,3-5,7,10,13-18,21-23H2,1H3,(H,39,42)/b6-2+/t24-,28+,30-,33+,35+,37+/m1/s1. The number of aliphatic hydroxyl groups excluding tert-OH is 1. The van der Waals surface area contributed by atoms with Gasteiger partial charge < -0.3 is 19.5 Å². The Bertz CT molecular complexity index is 1620. The van der Waals surface area contributed by atoms with Crippen LogP contribution in [0.1, 0.15) is 79.8 Å². The van der Waals surface area contributed by atoms with Crippen LogP contribution in [0.4, 0.5) is 5.69 Å². The number of carbonyl (C=O) groups excluding carboxylic acids is 1. The molecule has 1 saturated carbocycles. The van der Waals surface area contributed by atoms with Crippen molar-refractivity contribution in [2.75, 3.05) is 37.8 Å². The minimum Gasteiger partial charge on any atom is -0.490 e. The van der Waals surface area contributed by atoms with E-state index in [1.807, 2.05) is 31.2 Å². The maximum Gasteiger partial charge on any atom is 0.264 e. The molecular weight excluding hydrogens is 636 g/mol. The van der Waals surface area contributed by atoms with E-state index in [2.05, 4.69) is 21.8 Å². The van der Waals surface area contributed by atoms with Crippen molar-refractivity contribution in [2.24, 2.45) is 23.7 Å². The molecule has 1 amide bonds. The van der Waals surface area contributed by atoms with E-state index in [9.17, 15) is 18.3 Å². The number of aryl methyl sites for hydroxylation is 1. The van der Waals surface area contributed by atoms with E-state index < -0.39 is 27.3 Å². The van der Waals surface area contributed by atoms with Crippen LogP contribution in [0.3, 0.4) is 0 Å². The van der Waals surface area contributed by atoms with Gasteiger partial charge in [-0.15, -0.1) is 0 Å². The number of halogens is 1. The molecule has 2 aliphatic carbocycles. The third kappa shape index (κ3) is 6.70. The number of sulfonamides is 1. The van der Waals surface area contributed by atoms with Gasteiger partial charge in [0.05, 0.1) is 23.6 Å². The van der Waals surface area contributed by atoms with Crippen LogP contribution in [0.15, 0.2) is 48.6 Å². The normalized spacial score (nSPS) is 33.4. The minimum absolute atomic E-state index is 0.115. The lowest BCUT2D eigenvalue weighted by atomic mass is 9.68. The molecule has 8 nitrogen and oxygen atoms in total. The largest absolute Gasteiger partial charge is 0.490 e. The molecule has 5 aliphatic rings. The van der Waals surface area contributed by atoms with E-state index >= 15 is 0 Å². The second-order valence-corrected chi connectivity index (χ2v) is 17.1. The van der Waals surface area contributed by atoms with Crippen LogP contribution in [0, 0.1) is 23.7 Å². The first-order valence-electron chi connectivity index (χ1n) is 17.4. The van der Waals surface area contributed by atoms with Gasteiger partial charge in [0.25, 0.3) is 5.91 Å². The summed E-state index contributed by atoms with van der Waals surface area (Å²) in [4.78, 5) is 16.1. The third-order valence-corrected chi connectivity index (χ3v) is 13.8. The summed E-state index contributed by atoms with van der Waals surface area (Å²) < 4.78 is 42.5.